The van der Waals surface area contributed by atoms with Crippen LogP contribution in [-0.4, -0.2) is 28.1 Å². The van der Waals surface area contributed by atoms with E-state index in [1.807, 2.05) is 6.92 Å². The van der Waals surface area contributed by atoms with Gasteiger partial charge in [0.1, 0.15) is 5.01 Å². The third-order valence-corrected chi connectivity index (χ3v) is 3.88. The molecule has 1 aromatic heterocycles. The Hall–Kier alpha value is -0.450. The van der Waals surface area contributed by atoms with Crippen LogP contribution in [0.15, 0.2) is 0 Å². The predicted molar refractivity (Wildman–Crippen MR) is 57.4 cm³/mol. The minimum Gasteiger partial charge on any atom is -0.388 e. The maximum atomic E-state index is 9.48. The fraction of sp³-hybridized carbons (Fsp3) is 0.700. The van der Waals surface area contributed by atoms with Crippen LogP contribution in [0.25, 0.3) is 0 Å². The summed E-state index contributed by atoms with van der Waals surface area (Å²) >= 11 is 1.64. The zero-order chi connectivity index (χ0) is 10.1. The summed E-state index contributed by atoms with van der Waals surface area (Å²) in [7, 11) is 0. The van der Waals surface area contributed by atoms with E-state index < -0.39 is 0 Å². The molecule has 0 bridgehead atoms. The Morgan fingerprint density at radius 3 is 2.71 bits per heavy atom. The maximum Gasteiger partial charge on any atom is 0.107 e. The first-order valence-corrected chi connectivity index (χ1v) is 5.85. The molecule has 1 saturated heterocycles. The van der Waals surface area contributed by atoms with Crippen molar-refractivity contribution in [3.05, 3.63) is 15.6 Å². The van der Waals surface area contributed by atoms with Crippen molar-refractivity contribution in [1.29, 1.82) is 0 Å². The highest BCUT2D eigenvalue weighted by Gasteiger charge is 2.17. The first-order valence-electron chi connectivity index (χ1n) is 5.03. The number of aromatic nitrogens is 1. The lowest BCUT2D eigenvalue weighted by Crippen LogP contribution is -2.36. The number of thiazole rings is 1. The van der Waals surface area contributed by atoms with Gasteiger partial charge in [0.25, 0.3) is 0 Å². The molecular weight excluding hydrogens is 196 g/mol. The third kappa shape index (κ3) is 1.97. The topological polar surface area (TPSA) is 36.4 Å². The molecule has 0 aromatic carbocycles. The molecule has 0 spiro atoms. The molecule has 1 unspecified atom stereocenters. The van der Waals surface area contributed by atoms with Gasteiger partial charge in [0.15, 0.2) is 0 Å². The van der Waals surface area contributed by atoms with E-state index in [0.717, 1.165) is 22.1 Å². The van der Waals surface area contributed by atoms with Crippen LogP contribution in [0.2, 0.25) is 0 Å². The van der Waals surface area contributed by atoms with Crippen molar-refractivity contribution in [2.24, 2.45) is 0 Å². The molecule has 2 heterocycles. The second-order valence-electron chi connectivity index (χ2n) is 3.86. The van der Waals surface area contributed by atoms with Gasteiger partial charge in [-0.1, -0.05) is 0 Å². The number of aryl methyl sites for hydroxylation is 1. The highest BCUT2D eigenvalue weighted by atomic mass is 32.1. The van der Waals surface area contributed by atoms with Gasteiger partial charge in [-0.2, -0.15) is 0 Å². The average molecular weight is 212 g/mol. The average Bonchev–Trinajstić information content (AvgIpc) is 2.39. The minimum atomic E-state index is -0.377. The molecule has 2 rings (SSSR count). The summed E-state index contributed by atoms with van der Waals surface area (Å²) in [5, 5.41) is 10.6. The highest BCUT2D eigenvalue weighted by molar-refractivity contribution is 7.11. The van der Waals surface area contributed by atoms with Crippen molar-refractivity contribution in [1.82, 2.24) is 9.88 Å². The summed E-state index contributed by atoms with van der Waals surface area (Å²) in [6, 6.07) is 0. The lowest BCUT2D eigenvalue weighted by molar-refractivity contribution is 0.172. The van der Waals surface area contributed by atoms with E-state index in [4.69, 9.17) is 0 Å². The van der Waals surface area contributed by atoms with Crippen molar-refractivity contribution in [3.8, 4) is 0 Å². The highest BCUT2D eigenvalue weighted by Crippen LogP contribution is 2.26. The zero-order valence-corrected chi connectivity index (χ0v) is 9.47. The second-order valence-corrected chi connectivity index (χ2v) is 4.98. The lowest BCUT2D eigenvalue weighted by Gasteiger charge is -2.29. The van der Waals surface area contributed by atoms with Gasteiger partial charge < -0.3 is 5.11 Å². The van der Waals surface area contributed by atoms with Crippen molar-refractivity contribution < 1.29 is 5.11 Å². The Labute approximate surface area is 88.4 Å². The number of nitrogens with zero attached hydrogens (tertiary/aromatic N) is 2. The monoisotopic (exact) mass is 212 g/mol. The van der Waals surface area contributed by atoms with Crippen LogP contribution < -0.4 is 0 Å². The van der Waals surface area contributed by atoms with Crippen LogP contribution in [0.5, 0.6) is 0 Å². The number of aliphatic hydroxyl groups is 1. The molecule has 3 nitrogen and oxygen atoms in total. The molecule has 78 valence electrons. The molecule has 0 aliphatic carbocycles. The standard InChI is InChI=1S/C10H16N2OS/c1-7-10(8(2)13)14-9(11-7)6-12-4-3-5-12/h8,13H,3-6H2,1-2H3. The normalized spacial score (nSPS) is 19.4. The molecular formula is C10H16N2OS. The van der Waals surface area contributed by atoms with Crippen molar-refractivity contribution in [3.63, 3.8) is 0 Å². The largest absolute Gasteiger partial charge is 0.388 e. The maximum absolute atomic E-state index is 9.48. The van der Waals surface area contributed by atoms with E-state index in [1.165, 1.54) is 19.5 Å². The first kappa shape index (κ1) is 10.1. The Morgan fingerprint density at radius 2 is 2.29 bits per heavy atom. The molecule has 1 fully saturated rings. The lowest BCUT2D eigenvalue weighted by atomic mass is 10.2. The van der Waals surface area contributed by atoms with Gasteiger partial charge >= 0.3 is 0 Å². The van der Waals surface area contributed by atoms with Gasteiger partial charge in [-0.25, -0.2) is 4.98 Å². The SMILES string of the molecule is Cc1nc(CN2CCC2)sc1C(C)O. The Balaban J connectivity index is 2.07. The summed E-state index contributed by atoms with van der Waals surface area (Å²) in [6.45, 7) is 7.12. The molecule has 0 radical (unpaired) electrons. The number of hydrogen-bond acceptors (Lipinski definition) is 4. The van der Waals surface area contributed by atoms with E-state index in [1.54, 1.807) is 18.3 Å². The van der Waals surface area contributed by atoms with Crippen LogP contribution >= 0.6 is 11.3 Å². The third-order valence-electron chi connectivity index (χ3n) is 2.56. The van der Waals surface area contributed by atoms with Crippen LogP contribution in [0, 0.1) is 6.92 Å². The van der Waals surface area contributed by atoms with Crippen LogP contribution in [0.1, 0.15) is 35.0 Å². The Kier molecular flexibility index (Phi) is 2.85. The molecule has 1 atom stereocenters. The van der Waals surface area contributed by atoms with E-state index in [0.29, 0.717) is 0 Å². The first-order chi connectivity index (χ1) is 6.66. The van der Waals surface area contributed by atoms with Gasteiger partial charge in [0.05, 0.1) is 23.2 Å². The fourth-order valence-electron chi connectivity index (χ4n) is 1.65. The molecule has 14 heavy (non-hydrogen) atoms. The molecule has 1 aromatic rings. The van der Waals surface area contributed by atoms with Crippen LogP contribution in [0.3, 0.4) is 0 Å². The Bertz CT molecular complexity index is 318. The number of rotatable bonds is 3. The van der Waals surface area contributed by atoms with E-state index in [-0.39, 0.29) is 6.10 Å². The summed E-state index contributed by atoms with van der Waals surface area (Å²) in [5.41, 5.74) is 0.987. The summed E-state index contributed by atoms with van der Waals surface area (Å²) < 4.78 is 0. The van der Waals surface area contributed by atoms with Gasteiger partial charge in [-0.3, -0.25) is 4.90 Å². The summed E-state index contributed by atoms with van der Waals surface area (Å²) in [6.07, 6.45) is 0.936. The molecule has 1 aliphatic rings. The molecule has 1 N–H and O–H groups in total. The van der Waals surface area contributed by atoms with Crippen molar-refractivity contribution in [2.45, 2.75) is 32.9 Å². The quantitative estimate of drug-likeness (QED) is 0.828. The van der Waals surface area contributed by atoms with E-state index in [2.05, 4.69) is 9.88 Å². The summed E-state index contributed by atoms with van der Waals surface area (Å²) in [4.78, 5) is 7.86. The van der Waals surface area contributed by atoms with Crippen LogP contribution in [0.4, 0.5) is 0 Å². The van der Waals surface area contributed by atoms with Gasteiger partial charge in [-0.15, -0.1) is 11.3 Å². The van der Waals surface area contributed by atoms with E-state index in [9.17, 15) is 5.11 Å². The number of aliphatic hydroxyl groups excluding tert-OH is 1. The molecule has 0 amide bonds. The molecule has 4 heteroatoms. The summed E-state index contributed by atoms with van der Waals surface area (Å²) in [5.74, 6) is 0. The molecule has 0 saturated carbocycles. The number of hydrogen-bond donors (Lipinski definition) is 1. The smallest absolute Gasteiger partial charge is 0.107 e. The van der Waals surface area contributed by atoms with E-state index >= 15 is 0 Å². The van der Waals surface area contributed by atoms with Gasteiger partial charge in [0, 0.05) is 0 Å². The number of likely N-dealkylation sites (tertiary alicyclic amines) is 1. The predicted octanol–water partition coefficient (Wildman–Crippen LogP) is 1.71. The Morgan fingerprint density at radius 1 is 1.57 bits per heavy atom. The minimum absolute atomic E-state index is 0.377. The fourth-order valence-corrected chi connectivity index (χ4v) is 2.70. The molecule has 1 aliphatic heterocycles. The van der Waals surface area contributed by atoms with Gasteiger partial charge in [-0.05, 0) is 33.4 Å². The zero-order valence-electron chi connectivity index (χ0n) is 8.66. The van der Waals surface area contributed by atoms with Crippen molar-refractivity contribution >= 4 is 11.3 Å². The van der Waals surface area contributed by atoms with Crippen LogP contribution in [-0.2, 0) is 6.54 Å². The second kappa shape index (κ2) is 3.96. The van der Waals surface area contributed by atoms with Gasteiger partial charge in [0.2, 0.25) is 0 Å². The van der Waals surface area contributed by atoms with Crippen molar-refractivity contribution in [2.75, 3.05) is 13.1 Å².